The van der Waals surface area contributed by atoms with E-state index in [2.05, 4.69) is 15.6 Å². The van der Waals surface area contributed by atoms with Crippen LogP contribution in [0.25, 0.3) is 0 Å². The van der Waals surface area contributed by atoms with Crippen molar-refractivity contribution in [2.45, 2.75) is 32.6 Å². The van der Waals surface area contributed by atoms with Crippen LogP contribution in [-0.2, 0) is 6.54 Å². The summed E-state index contributed by atoms with van der Waals surface area (Å²) in [5, 5.41) is 5.79. The number of carbonyl (C=O) groups excluding carboxylic acids is 1. The first kappa shape index (κ1) is 25.5. The molecule has 1 atom stereocenters. The van der Waals surface area contributed by atoms with Gasteiger partial charge < -0.3 is 15.5 Å². The van der Waals surface area contributed by atoms with Crippen molar-refractivity contribution >= 4 is 35.8 Å². The van der Waals surface area contributed by atoms with E-state index in [1.54, 1.807) is 25.2 Å². The van der Waals surface area contributed by atoms with Crippen molar-refractivity contribution in [3.05, 3.63) is 35.4 Å². The van der Waals surface area contributed by atoms with Crippen LogP contribution in [0.5, 0.6) is 0 Å². The highest BCUT2D eigenvalue weighted by Gasteiger charge is 2.41. The number of hydrogen-bond acceptors (Lipinski definition) is 3. The minimum atomic E-state index is -4.21. The third-order valence-corrected chi connectivity index (χ3v) is 4.80. The fourth-order valence-corrected chi connectivity index (χ4v) is 3.08. The SMILES string of the molecule is CCNC(=NCc1cccc(C(=O)NC)c1)N1CCN(C(C)C(F)(F)F)CC1.I. The number of halogens is 4. The topological polar surface area (TPSA) is 60.0 Å². The van der Waals surface area contributed by atoms with E-state index in [1.807, 2.05) is 17.9 Å². The molecule has 0 spiro atoms. The highest BCUT2D eigenvalue weighted by Crippen LogP contribution is 2.25. The fraction of sp³-hybridized carbons (Fsp3) is 0.579. The number of rotatable bonds is 5. The number of alkyl halides is 3. The molecular weight excluding hydrogens is 498 g/mol. The first-order valence-corrected chi connectivity index (χ1v) is 9.41. The number of nitrogens with one attached hydrogen (secondary N) is 2. The maximum atomic E-state index is 12.9. The molecule has 0 radical (unpaired) electrons. The van der Waals surface area contributed by atoms with Gasteiger partial charge in [0.15, 0.2) is 5.96 Å². The molecule has 2 N–H and O–H groups in total. The molecule has 6 nitrogen and oxygen atoms in total. The Morgan fingerprint density at radius 2 is 1.90 bits per heavy atom. The Kier molecular flexibility index (Phi) is 10.2. The second-order valence-electron chi connectivity index (χ2n) is 6.69. The van der Waals surface area contributed by atoms with Crippen molar-refractivity contribution in [1.29, 1.82) is 0 Å². The van der Waals surface area contributed by atoms with Gasteiger partial charge in [-0.15, -0.1) is 24.0 Å². The number of amides is 1. The highest BCUT2D eigenvalue weighted by atomic mass is 127. The third-order valence-electron chi connectivity index (χ3n) is 4.80. The molecule has 0 aromatic heterocycles. The summed E-state index contributed by atoms with van der Waals surface area (Å²) in [5.74, 6) is 0.514. The molecule has 29 heavy (non-hydrogen) atoms. The van der Waals surface area contributed by atoms with Crippen molar-refractivity contribution in [2.75, 3.05) is 39.8 Å². The molecule has 0 aliphatic carbocycles. The molecule has 10 heteroatoms. The largest absolute Gasteiger partial charge is 0.403 e. The van der Waals surface area contributed by atoms with E-state index >= 15 is 0 Å². The summed E-state index contributed by atoms with van der Waals surface area (Å²) in [6, 6.07) is 5.77. The summed E-state index contributed by atoms with van der Waals surface area (Å²) < 4.78 is 38.7. The van der Waals surface area contributed by atoms with Gasteiger partial charge in [-0.1, -0.05) is 12.1 Å². The summed E-state index contributed by atoms with van der Waals surface area (Å²) in [6.45, 7) is 5.81. The number of hydrogen-bond donors (Lipinski definition) is 2. The minimum Gasteiger partial charge on any atom is -0.357 e. The monoisotopic (exact) mass is 527 g/mol. The number of guanidine groups is 1. The summed E-state index contributed by atoms with van der Waals surface area (Å²) in [5.41, 5.74) is 1.45. The molecule has 0 saturated carbocycles. The smallest absolute Gasteiger partial charge is 0.357 e. The molecular formula is C19H29F3IN5O. The van der Waals surface area contributed by atoms with Crippen LogP contribution in [0.2, 0.25) is 0 Å². The van der Waals surface area contributed by atoms with Crippen molar-refractivity contribution in [1.82, 2.24) is 20.4 Å². The van der Waals surface area contributed by atoms with Crippen molar-refractivity contribution in [3.8, 4) is 0 Å². The molecule has 1 aromatic rings. The molecule has 1 heterocycles. The number of carbonyl (C=O) groups is 1. The molecule has 164 valence electrons. The lowest BCUT2D eigenvalue weighted by molar-refractivity contribution is -0.181. The first-order chi connectivity index (χ1) is 13.3. The average molecular weight is 527 g/mol. The van der Waals surface area contributed by atoms with Crippen LogP contribution < -0.4 is 10.6 Å². The Labute approximate surface area is 186 Å². The molecule has 0 bridgehead atoms. The van der Waals surface area contributed by atoms with Crippen LogP contribution in [0, 0.1) is 0 Å². The Morgan fingerprint density at radius 1 is 1.24 bits per heavy atom. The van der Waals surface area contributed by atoms with Gasteiger partial charge in [0.05, 0.1) is 6.54 Å². The van der Waals surface area contributed by atoms with E-state index in [1.165, 1.54) is 11.8 Å². The summed E-state index contributed by atoms with van der Waals surface area (Å²) in [6.07, 6.45) is -4.21. The zero-order valence-electron chi connectivity index (χ0n) is 16.9. The Morgan fingerprint density at radius 3 is 2.45 bits per heavy atom. The Bertz CT molecular complexity index is 691. The lowest BCUT2D eigenvalue weighted by atomic mass is 10.1. The molecule has 1 fully saturated rings. The van der Waals surface area contributed by atoms with E-state index in [4.69, 9.17) is 0 Å². The van der Waals surface area contributed by atoms with Crippen molar-refractivity contribution < 1.29 is 18.0 Å². The Balaban J connectivity index is 0.00000420. The zero-order valence-corrected chi connectivity index (χ0v) is 19.3. The predicted molar refractivity (Wildman–Crippen MR) is 119 cm³/mol. The second-order valence-corrected chi connectivity index (χ2v) is 6.69. The minimum absolute atomic E-state index is 0. The van der Waals surface area contributed by atoms with E-state index in [0.29, 0.717) is 50.8 Å². The van der Waals surface area contributed by atoms with Crippen LogP contribution in [0.1, 0.15) is 29.8 Å². The highest BCUT2D eigenvalue weighted by molar-refractivity contribution is 14.0. The number of piperazine rings is 1. The molecule has 1 unspecified atom stereocenters. The van der Waals surface area contributed by atoms with Gasteiger partial charge in [0.1, 0.15) is 6.04 Å². The quantitative estimate of drug-likeness (QED) is 0.352. The van der Waals surface area contributed by atoms with Crippen molar-refractivity contribution in [3.63, 3.8) is 0 Å². The van der Waals surface area contributed by atoms with Crippen LogP contribution in [0.3, 0.4) is 0 Å². The van der Waals surface area contributed by atoms with Gasteiger partial charge in [0.2, 0.25) is 0 Å². The van der Waals surface area contributed by atoms with Gasteiger partial charge in [0.25, 0.3) is 5.91 Å². The number of nitrogens with zero attached hydrogens (tertiary/aromatic N) is 3. The van der Waals surface area contributed by atoms with Crippen LogP contribution in [-0.4, -0.2) is 73.7 Å². The lowest BCUT2D eigenvalue weighted by Gasteiger charge is -2.39. The van der Waals surface area contributed by atoms with E-state index in [-0.39, 0.29) is 29.9 Å². The predicted octanol–water partition coefficient (Wildman–Crippen LogP) is 2.70. The van der Waals surface area contributed by atoms with Gasteiger partial charge in [0, 0.05) is 45.3 Å². The summed E-state index contributed by atoms with van der Waals surface area (Å²) in [4.78, 5) is 19.8. The molecule has 1 aliphatic rings. The Hall–Kier alpha value is -1.56. The lowest BCUT2D eigenvalue weighted by Crippen LogP contribution is -2.56. The molecule has 2 rings (SSSR count). The maximum Gasteiger partial charge on any atom is 0.403 e. The number of benzene rings is 1. The maximum absolute atomic E-state index is 12.9. The van der Waals surface area contributed by atoms with Gasteiger partial charge in [-0.25, -0.2) is 4.99 Å². The third kappa shape index (κ3) is 7.32. The standard InChI is InChI=1S/C19H28F3N5O.HI/c1-4-24-18(25-13-15-6-5-7-16(12-15)17(28)23-3)27-10-8-26(9-11-27)14(2)19(20,21)22;/h5-7,12,14H,4,8-11,13H2,1-3H3,(H,23,28)(H,24,25);1H. The fourth-order valence-electron chi connectivity index (χ4n) is 3.08. The summed E-state index contributed by atoms with van der Waals surface area (Å²) >= 11 is 0. The first-order valence-electron chi connectivity index (χ1n) is 9.41. The second kappa shape index (κ2) is 11.6. The molecule has 1 saturated heterocycles. The van der Waals surface area contributed by atoms with Gasteiger partial charge >= 0.3 is 6.18 Å². The van der Waals surface area contributed by atoms with Gasteiger partial charge in [-0.05, 0) is 31.5 Å². The molecule has 1 aromatic carbocycles. The van der Waals surface area contributed by atoms with Crippen LogP contribution in [0.4, 0.5) is 13.2 Å². The van der Waals surface area contributed by atoms with Crippen LogP contribution >= 0.6 is 24.0 Å². The zero-order chi connectivity index (χ0) is 20.7. The van der Waals surface area contributed by atoms with E-state index < -0.39 is 12.2 Å². The summed E-state index contributed by atoms with van der Waals surface area (Å²) in [7, 11) is 1.58. The molecule has 1 amide bonds. The number of aliphatic imine (C=N–C) groups is 1. The van der Waals surface area contributed by atoms with Gasteiger partial charge in [-0.2, -0.15) is 13.2 Å². The van der Waals surface area contributed by atoms with E-state index in [9.17, 15) is 18.0 Å². The van der Waals surface area contributed by atoms with Gasteiger partial charge in [-0.3, -0.25) is 9.69 Å². The normalized spacial score (nSPS) is 16.8. The average Bonchev–Trinajstić information content (AvgIpc) is 2.69. The van der Waals surface area contributed by atoms with E-state index in [0.717, 1.165) is 5.56 Å². The molecule has 1 aliphatic heterocycles. The van der Waals surface area contributed by atoms with Crippen LogP contribution in [0.15, 0.2) is 29.3 Å². The van der Waals surface area contributed by atoms with Crippen molar-refractivity contribution in [2.24, 2.45) is 4.99 Å².